The zero-order valence-corrected chi connectivity index (χ0v) is 16.0. The van der Waals surface area contributed by atoms with Gasteiger partial charge < -0.3 is 15.5 Å². The third kappa shape index (κ3) is 4.95. The number of piperazine rings is 1. The van der Waals surface area contributed by atoms with Crippen molar-refractivity contribution in [2.75, 3.05) is 32.7 Å². The first-order chi connectivity index (χ1) is 12.4. The molecule has 1 aliphatic heterocycles. The van der Waals surface area contributed by atoms with Gasteiger partial charge in [-0.3, -0.25) is 4.79 Å². The monoisotopic (exact) mass is 382 g/mol. The van der Waals surface area contributed by atoms with E-state index in [2.05, 4.69) is 10.6 Å². The van der Waals surface area contributed by atoms with Crippen LogP contribution in [0.25, 0.3) is 0 Å². The number of nitrogens with zero attached hydrogens (tertiary/aromatic N) is 2. The Morgan fingerprint density at radius 1 is 1.12 bits per heavy atom. The van der Waals surface area contributed by atoms with Gasteiger partial charge in [-0.1, -0.05) is 25.1 Å². The summed E-state index contributed by atoms with van der Waals surface area (Å²) in [5.41, 5.74) is 0. The highest BCUT2D eigenvalue weighted by molar-refractivity contribution is 7.89. The number of amides is 3. The van der Waals surface area contributed by atoms with E-state index >= 15 is 0 Å². The molecule has 26 heavy (non-hydrogen) atoms. The average molecular weight is 382 g/mol. The molecular weight excluding hydrogens is 356 g/mol. The second-order valence-electron chi connectivity index (χ2n) is 6.17. The fourth-order valence-corrected chi connectivity index (χ4v) is 4.06. The minimum Gasteiger partial charge on any atom is -0.354 e. The van der Waals surface area contributed by atoms with E-state index in [1.54, 1.807) is 37.3 Å². The normalized spacial score (nSPS) is 16.8. The lowest BCUT2D eigenvalue weighted by molar-refractivity contribution is -0.122. The largest absolute Gasteiger partial charge is 0.354 e. The van der Waals surface area contributed by atoms with Gasteiger partial charge in [-0.2, -0.15) is 4.31 Å². The maximum absolute atomic E-state index is 12.6. The molecule has 0 unspecified atom stereocenters. The first-order valence-electron chi connectivity index (χ1n) is 8.74. The highest BCUT2D eigenvalue weighted by atomic mass is 32.2. The van der Waals surface area contributed by atoms with Crippen molar-refractivity contribution in [2.45, 2.75) is 31.2 Å². The van der Waals surface area contributed by atoms with E-state index < -0.39 is 16.1 Å². The molecule has 0 saturated carbocycles. The SMILES string of the molecule is CCCNC(=O)[C@@H](C)NC(=O)N1CCN(S(=O)(=O)c2ccccc2)CC1. The maximum Gasteiger partial charge on any atom is 0.318 e. The van der Waals surface area contributed by atoms with Crippen molar-refractivity contribution in [1.29, 1.82) is 0 Å². The molecule has 0 aliphatic carbocycles. The predicted octanol–water partition coefficient (Wildman–Crippen LogP) is 0.617. The highest BCUT2D eigenvalue weighted by Gasteiger charge is 2.30. The van der Waals surface area contributed by atoms with Crippen molar-refractivity contribution in [3.05, 3.63) is 30.3 Å². The van der Waals surface area contributed by atoms with E-state index in [1.807, 2.05) is 6.92 Å². The Balaban J connectivity index is 1.88. The Morgan fingerprint density at radius 3 is 2.31 bits per heavy atom. The van der Waals surface area contributed by atoms with Crippen molar-refractivity contribution in [3.8, 4) is 0 Å². The van der Waals surface area contributed by atoms with Crippen LogP contribution in [-0.4, -0.2) is 68.3 Å². The second kappa shape index (κ2) is 9.00. The lowest BCUT2D eigenvalue weighted by Crippen LogP contribution is -2.56. The number of nitrogens with one attached hydrogen (secondary N) is 2. The summed E-state index contributed by atoms with van der Waals surface area (Å²) in [7, 11) is -3.55. The Bertz CT molecular complexity index is 716. The second-order valence-corrected chi connectivity index (χ2v) is 8.10. The summed E-state index contributed by atoms with van der Waals surface area (Å²) >= 11 is 0. The number of rotatable bonds is 6. The standard InChI is InChI=1S/C17H26N4O4S/c1-3-9-18-16(22)14(2)19-17(23)20-10-12-21(13-11-20)26(24,25)15-7-5-4-6-8-15/h4-8,14H,3,9-13H2,1-2H3,(H,18,22)(H,19,23)/t14-/m1/s1. The summed E-state index contributed by atoms with van der Waals surface area (Å²) in [6.07, 6.45) is 0.824. The van der Waals surface area contributed by atoms with Crippen LogP contribution in [-0.2, 0) is 14.8 Å². The maximum atomic E-state index is 12.6. The minimum absolute atomic E-state index is 0.223. The van der Waals surface area contributed by atoms with Crippen LogP contribution in [0.3, 0.4) is 0 Å². The lowest BCUT2D eigenvalue weighted by atomic mass is 10.3. The highest BCUT2D eigenvalue weighted by Crippen LogP contribution is 2.17. The quantitative estimate of drug-likeness (QED) is 0.753. The number of carbonyl (C=O) groups is 2. The average Bonchev–Trinajstić information content (AvgIpc) is 2.66. The molecule has 0 bridgehead atoms. The molecule has 1 aromatic carbocycles. The van der Waals surface area contributed by atoms with Gasteiger partial charge in [0.25, 0.3) is 0 Å². The van der Waals surface area contributed by atoms with E-state index in [0.29, 0.717) is 6.54 Å². The van der Waals surface area contributed by atoms with Gasteiger partial charge in [0.2, 0.25) is 15.9 Å². The number of carbonyl (C=O) groups excluding carboxylic acids is 2. The van der Waals surface area contributed by atoms with Crippen LogP contribution < -0.4 is 10.6 Å². The summed E-state index contributed by atoms with van der Waals surface area (Å²) < 4.78 is 26.5. The van der Waals surface area contributed by atoms with Crippen molar-refractivity contribution in [2.24, 2.45) is 0 Å². The third-order valence-electron chi connectivity index (χ3n) is 4.19. The molecule has 0 spiro atoms. The molecule has 9 heteroatoms. The van der Waals surface area contributed by atoms with E-state index in [9.17, 15) is 18.0 Å². The van der Waals surface area contributed by atoms with Gasteiger partial charge in [-0.05, 0) is 25.5 Å². The van der Waals surface area contributed by atoms with Crippen molar-refractivity contribution in [1.82, 2.24) is 19.8 Å². The number of hydrogen-bond acceptors (Lipinski definition) is 4. The molecule has 3 amide bonds. The van der Waals surface area contributed by atoms with Crippen LogP contribution >= 0.6 is 0 Å². The van der Waals surface area contributed by atoms with Crippen LogP contribution in [0.15, 0.2) is 35.2 Å². The summed E-state index contributed by atoms with van der Waals surface area (Å²) in [6, 6.07) is 7.25. The Kier molecular flexibility index (Phi) is 6.98. The predicted molar refractivity (Wildman–Crippen MR) is 98.1 cm³/mol. The first kappa shape index (κ1) is 20.2. The summed E-state index contributed by atoms with van der Waals surface area (Å²) in [5.74, 6) is -0.231. The van der Waals surface area contributed by atoms with Crippen molar-refractivity contribution in [3.63, 3.8) is 0 Å². The minimum atomic E-state index is -3.55. The molecule has 1 fully saturated rings. The molecule has 2 N–H and O–H groups in total. The number of hydrogen-bond donors (Lipinski definition) is 2. The van der Waals surface area contributed by atoms with Crippen LogP contribution in [0.5, 0.6) is 0 Å². The fraction of sp³-hybridized carbons (Fsp3) is 0.529. The van der Waals surface area contributed by atoms with E-state index in [-0.39, 0.29) is 43.0 Å². The van der Waals surface area contributed by atoms with Crippen molar-refractivity contribution < 1.29 is 18.0 Å². The van der Waals surface area contributed by atoms with E-state index in [0.717, 1.165) is 6.42 Å². The topological polar surface area (TPSA) is 98.8 Å². The summed E-state index contributed by atoms with van der Waals surface area (Å²) in [4.78, 5) is 25.9. The lowest BCUT2D eigenvalue weighted by Gasteiger charge is -2.34. The zero-order valence-electron chi connectivity index (χ0n) is 15.1. The first-order valence-corrected chi connectivity index (χ1v) is 10.2. The van der Waals surface area contributed by atoms with Gasteiger partial charge in [-0.25, -0.2) is 13.2 Å². The zero-order chi connectivity index (χ0) is 19.2. The van der Waals surface area contributed by atoms with Gasteiger partial charge in [-0.15, -0.1) is 0 Å². The van der Waals surface area contributed by atoms with Gasteiger partial charge >= 0.3 is 6.03 Å². The number of sulfonamides is 1. The third-order valence-corrected chi connectivity index (χ3v) is 6.10. The molecule has 144 valence electrons. The molecule has 1 heterocycles. The van der Waals surface area contributed by atoms with Crippen LogP contribution in [0.1, 0.15) is 20.3 Å². The molecule has 0 aromatic heterocycles. The Morgan fingerprint density at radius 2 is 1.73 bits per heavy atom. The molecule has 1 aliphatic rings. The van der Waals surface area contributed by atoms with E-state index in [4.69, 9.17) is 0 Å². The number of urea groups is 1. The Hall–Kier alpha value is -2.13. The van der Waals surface area contributed by atoms with Gasteiger partial charge in [0.15, 0.2) is 0 Å². The summed E-state index contributed by atoms with van der Waals surface area (Å²) in [5, 5.41) is 5.38. The van der Waals surface area contributed by atoms with Gasteiger partial charge in [0.05, 0.1) is 4.90 Å². The molecule has 2 rings (SSSR count). The molecular formula is C17H26N4O4S. The van der Waals surface area contributed by atoms with Crippen LogP contribution in [0.2, 0.25) is 0 Å². The molecule has 1 atom stereocenters. The molecule has 1 saturated heterocycles. The molecule has 1 aromatic rings. The van der Waals surface area contributed by atoms with Gasteiger partial charge in [0, 0.05) is 32.7 Å². The fourth-order valence-electron chi connectivity index (χ4n) is 2.62. The van der Waals surface area contributed by atoms with Gasteiger partial charge in [0.1, 0.15) is 6.04 Å². The van der Waals surface area contributed by atoms with Crippen LogP contribution in [0, 0.1) is 0 Å². The van der Waals surface area contributed by atoms with Crippen molar-refractivity contribution >= 4 is 22.0 Å². The summed E-state index contributed by atoms with van der Waals surface area (Å²) in [6.45, 7) is 5.14. The van der Waals surface area contributed by atoms with Crippen LogP contribution in [0.4, 0.5) is 4.79 Å². The Labute approximate surface area is 154 Å². The smallest absolute Gasteiger partial charge is 0.318 e. The molecule has 8 nitrogen and oxygen atoms in total. The number of benzene rings is 1. The van der Waals surface area contributed by atoms with E-state index in [1.165, 1.54) is 9.21 Å². The molecule has 0 radical (unpaired) electrons.